The van der Waals surface area contributed by atoms with Crippen LogP contribution in [0.4, 0.5) is 10.5 Å². The normalized spacial score (nSPS) is 12.5. The molecule has 0 bridgehead atoms. The third-order valence-corrected chi connectivity index (χ3v) is 5.67. The first-order valence-electron chi connectivity index (χ1n) is 11.1. The van der Waals surface area contributed by atoms with Crippen molar-refractivity contribution in [2.75, 3.05) is 11.1 Å². The van der Waals surface area contributed by atoms with E-state index in [1.54, 1.807) is 76.2 Å². The molecule has 0 spiro atoms. The Bertz CT molecular complexity index is 1170. The highest BCUT2D eigenvalue weighted by atomic mass is 35.5. The Hall–Kier alpha value is -3.41. The van der Waals surface area contributed by atoms with Crippen LogP contribution in [-0.4, -0.2) is 40.2 Å². The van der Waals surface area contributed by atoms with Gasteiger partial charge in [0.1, 0.15) is 17.7 Å². The van der Waals surface area contributed by atoms with E-state index in [4.69, 9.17) is 22.8 Å². The van der Waals surface area contributed by atoms with E-state index in [9.17, 15) is 14.4 Å². The smallest absolute Gasteiger partial charge is 0.408 e. The van der Waals surface area contributed by atoms with Crippen LogP contribution in [0.3, 0.4) is 0 Å². The van der Waals surface area contributed by atoms with Gasteiger partial charge in [-0.05, 0) is 56.5 Å². The van der Waals surface area contributed by atoms with Crippen molar-refractivity contribution in [1.82, 2.24) is 10.2 Å². The van der Waals surface area contributed by atoms with Crippen LogP contribution in [0, 0.1) is 19.4 Å². The van der Waals surface area contributed by atoms with Crippen molar-refractivity contribution in [3.63, 3.8) is 0 Å². The van der Waals surface area contributed by atoms with Crippen molar-refractivity contribution >= 4 is 53.9 Å². The molecule has 2 atom stereocenters. The van der Waals surface area contributed by atoms with Gasteiger partial charge < -0.3 is 15.4 Å². The number of benzene rings is 2. The first kappa shape index (κ1) is 28.8. The zero-order valence-electron chi connectivity index (χ0n) is 20.7. The Morgan fingerprint density at radius 1 is 1.25 bits per heavy atom. The molecular formula is C27H30ClN3O4S. The minimum absolute atomic E-state index is 0.0824. The molecule has 190 valence electrons. The van der Waals surface area contributed by atoms with Crippen molar-refractivity contribution in [2.45, 2.75) is 45.4 Å². The van der Waals surface area contributed by atoms with Gasteiger partial charge in [0.05, 0.1) is 10.7 Å². The highest BCUT2D eigenvalue weighted by Gasteiger charge is 2.36. The number of nitrogens with zero attached hydrogens (tertiary/aromatic N) is 1. The van der Waals surface area contributed by atoms with Crippen LogP contribution in [0.25, 0.3) is 6.08 Å². The Morgan fingerprint density at radius 3 is 2.47 bits per heavy atom. The molecule has 2 rings (SSSR count). The van der Waals surface area contributed by atoms with E-state index < -0.39 is 35.6 Å². The fraction of sp³-hybridized carbons (Fsp3) is 0.296. The number of hydrogen-bond donors (Lipinski definition) is 3. The molecule has 0 aliphatic heterocycles. The van der Waals surface area contributed by atoms with Crippen LogP contribution >= 0.6 is 24.2 Å². The predicted molar refractivity (Wildman–Crippen MR) is 147 cm³/mol. The van der Waals surface area contributed by atoms with Crippen LogP contribution in [-0.2, 0) is 14.3 Å². The maximum atomic E-state index is 13.6. The molecule has 9 heteroatoms. The predicted octanol–water partition coefficient (Wildman–Crippen LogP) is 5.21. The van der Waals surface area contributed by atoms with E-state index in [1.807, 2.05) is 0 Å². The van der Waals surface area contributed by atoms with Gasteiger partial charge in [-0.25, -0.2) is 4.79 Å². The molecule has 2 aromatic rings. The van der Waals surface area contributed by atoms with Gasteiger partial charge in [-0.3, -0.25) is 14.5 Å². The molecule has 2 aromatic carbocycles. The third kappa shape index (κ3) is 7.54. The topological polar surface area (TPSA) is 87.7 Å². The Morgan fingerprint density at radius 2 is 1.92 bits per heavy atom. The van der Waals surface area contributed by atoms with Gasteiger partial charge in [-0.1, -0.05) is 61.0 Å². The molecule has 0 aliphatic rings. The molecule has 0 fully saturated rings. The molecule has 36 heavy (non-hydrogen) atoms. The Kier molecular flexibility index (Phi) is 10.0. The van der Waals surface area contributed by atoms with Crippen molar-refractivity contribution in [2.24, 2.45) is 0 Å². The number of nitrogens with one attached hydrogen (secondary N) is 2. The van der Waals surface area contributed by atoms with E-state index in [1.165, 1.54) is 0 Å². The fourth-order valence-electron chi connectivity index (χ4n) is 3.32. The maximum absolute atomic E-state index is 13.6. The van der Waals surface area contributed by atoms with Crippen molar-refractivity contribution in [1.29, 1.82) is 0 Å². The molecule has 2 unspecified atom stereocenters. The lowest BCUT2D eigenvalue weighted by atomic mass is 10.0. The molecule has 0 aromatic heterocycles. The maximum Gasteiger partial charge on any atom is 0.408 e. The lowest BCUT2D eigenvalue weighted by Crippen LogP contribution is -2.51. The summed E-state index contributed by atoms with van der Waals surface area (Å²) in [6.07, 6.45) is 6.56. The van der Waals surface area contributed by atoms with Gasteiger partial charge in [-0.2, -0.15) is 12.6 Å². The summed E-state index contributed by atoms with van der Waals surface area (Å²) in [7, 11) is 0. The summed E-state index contributed by atoms with van der Waals surface area (Å²) in [6.45, 7) is 10.6. The molecule has 0 saturated heterocycles. The summed E-state index contributed by atoms with van der Waals surface area (Å²) in [4.78, 5) is 40.4. The minimum atomic E-state index is -1.25. The zero-order valence-corrected chi connectivity index (χ0v) is 22.3. The molecule has 0 saturated carbocycles. The highest BCUT2D eigenvalue weighted by molar-refractivity contribution is 7.80. The van der Waals surface area contributed by atoms with Crippen LogP contribution < -0.4 is 10.6 Å². The number of carbonyl (C=O) groups excluding carboxylic acids is 3. The lowest BCUT2D eigenvalue weighted by Gasteiger charge is -2.30. The summed E-state index contributed by atoms with van der Waals surface area (Å²) in [5.41, 5.74) is 1.52. The number of halogens is 1. The molecule has 7 nitrogen and oxygen atoms in total. The largest absolute Gasteiger partial charge is 0.444 e. The summed E-state index contributed by atoms with van der Waals surface area (Å²) in [6, 6.07) is 12.0. The summed E-state index contributed by atoms with van der Waals surface area (Å²) in [5, 5.41) is 5.61. The molecule has 0 heterocycles. The monoisotopic (exact) mass is 527 g/mol. The number of carbonyl (C=O) groups is 3. The molecule has 2 N–H and O–H groups in total. The second kappa shape index (κ2) is 12.5. The van der Waals surface area contributed by atoms with E-state index in [0.717, 1.165) is 16.0 Å². The van der Waals surface area contributed by atoms with Gasteiger partial charge in [0.25, 0.3) is 11.8 Å². The second-order valence-corrected chi connectivity index (χ2v) is 9.69. The Balaban J connectivity index is 2.49. The average Bonchev–Trinajstić information content (AvgIpc) is 2.81. The number of para-hydroxylation sites is 1. The van der Waals surface area contributed by atoms with E-state index >= 15 is 0 Å². The van der Waals surface area contributed by atoms with Crippen molar-refractivity contribution < 1.29 is 19.1 Å². The lowest BCUT2D eigenvalue weighted by molar-refractivity contribution is -0.136. The molecule has 3 amide bonds. The SMILES string of the molecule is C#CN(C(=O)C(CS)NC(=O)OC(C)(C)C)C(C(=O)Nc1c(C)cccc1Cl)c1cccc(C=C)c1. The van der Waals surface area contributed by atoms with E-state index in [2.05, 4.69) is 35.9 Å². The number of terminal acetylenes is 1. The second-order valence-electron chi connectivity index (χ2n) is 8.92. The number of anilines is 1. The van der Waals surface area contributed by atoms with E-state index in [-0.39, 0.29) is 5.75 Å². The number of ether oxygens (including phenoxy) is 1. The van der Waals surface area contributed by atoms with Crippen LogP contribution in [0.1, 0.15) is 43.5 Å². The van der Waals surface area contributed by atoms with E-state index in [0.29, 0.717) is 16.3 Å². The average molecular weight is 528 g/mol. The van der Waals surface area contributed by atoms with Crippen LogP contribution in [0.15, 0.2) is 49.0 Å². The minimum Gasteiger partial charge on any atom is -0.444 e. The fourth-order valence-corrected chi connectivity index (χ4v) is 3.84. The van der Waals surface area contributed by atoms with Crippen molar-refractivity contribution in [3.8, 4) is 12.5 Å². The summed E-state index contributed by atoms with van der Waals surface area (Å²) >= 11 is 10.5. The molecule has 0 radical (unpaired) electrons. The molecule has 0 aliphatic carbocycles. The Labute approximate surface area is 222 Å². The van der Waals surface area contributed by atoms with Crippen molar-refractivity contribution in [3.05, 3.63) is 70.8 Å². The van der Waals surface area contributed by atoms with Crippen LogP contribution in [0.2, 0.25) is 5.02 Å². The first-order valence-corrected chi connectivity index (χ1v) is 12.1. The number of hydrogen-bond acceptors (Lipinski definition) is 5. The van der Waals surface area contributed by atoms with Gasteiger partial charge >= 0.3 is 6.09 Å². The van der Waals surface area contributed by atoms with Gasteiger partial charge in [-0.15, -0.1) is 0 Å². The van der Waals surface area contributed by atoms with Crippen LogP contribution in [0.5, 0.6) is 0 Å². The quantitative estimate of drug-likeness (QED) is 0.250. The molecular weight excluding hydrogens is 498 g/mol. The zero-order chi connectivity index (χ0) is 27.0. The number of thiol groups is 1. The number of rotatable bonds is 8. The van der Waals surface area contributed by atoms with Gasteiger partial charge in [0.2, 0.25) is 0 Å². The number of aryl methyl sites for hydroxylation is 1. The van der Waals surface area contributed by atoms with Gasteiger partial charge in [0.15, 0.2) is 0 Å². The first-order chi connectivity index (χ1) is 16.9. The summed E-state index contributed by atoms with van der Waals surface area (Å²) < 4.78 is 5.25. The van der Waals surface area contributed by atoms with Gasteiger partial charge in [0, 0.05) is 11.8 Å². The highest BCUT2D eigenvalue weighted by Crippen LogP contribution is 2.29. The summed E-state index contributed by atoms with van der Waals surface area (Å²) in [5.74, 6) is -1.38. The number of amides is 3. The number of alkyl carbamates (subject to hydrolysis) is 1. The standard InChI is InChI=1S/C27H30ClN3O4S/c1-7-18-12-10-13-19(15-18)23(24(32)30-22-17(3)11-9-14-20(22)28)31(8-2)25(33)21(16-36)29-26(34)35-27(4,5)6/h2,7,9-15,21,23,36H,1,16H2,3-6H3,(H,29,34)(H,30,32). The third-order valence-electron chi connectivity index (χ3n) is 4.99.